The van der Waals surface area contributed by atoms with Gasteiger partial charge in [-0.1, -0.05) is 66.7 Å². The van der Waals surface area contributed by atoms with Gasteiger partial charge in [-0.3, -0.25) is 4.79 Å². The van der Waals surface area contributed by atoms with Crippen molar-refractivity contribution in [2.75, 3.05) is 18.6 Å². The molecule has 4 aromatic carbocycles. The number of anilines is 1. The summed E-state index contributed by atoms with van der Waals surface area (Å²) < 4.78 is 7.82. The van der Waals surface area contributed by atoms with Crippen LogP contribution in [0.4, 0.5) is 5.69 Å². The lowest BCUT2D eigenvalue weighted by Crippen LogP contribution is -2.25. The smallest absolute Gasteiger partial charge is 0.227 e. The van der Waals surface area contributed by atoms with Crippen LogP contribution in [0, 0.1) is 0 Å². The van der Waals surface area contributed by atoms with Crippen molar-refractivity contribution in [2.24, 2.45) is 0 Å². The van der Waals surface area contributed by atoms with E-state index >= 15 is 0 Å². The summed E-state index contributed by atoms with van der Waals surface area (Å²) in [5.74, 6) is 1.76. The van der Waals surface area contributed by atoms with E-state index in [1.54, 1.807) is 7.11 Å². The van der Waals surface area contributed by atoms with Gasteiger partial charge in [-0.05, 0) is 40.6 Å². The van der Waals surface area contributed by atoms with Gasteiger partial charge >= 0.3 is 0 Å². The van der Waals surface area contributed by atoms with Crippen LogP contribution < -0.4 is 9.64 Å². The molecule has 0 N–H and O–H groups in total. The van der Waals surface area contributed by atoms with Gasteiger partial charge in [-0.25, -0.2) is 4.98 Å². The van der Waals surface area contributed by atoms with Crippen molar-refractivity contribution in [2.45, 2.75) is 18.9 Å². The second kappa shape index (κ2) is 8.34. The summed E-state index contributed by atoms with van der Waals surface area (Å²) in [6.45, 7) is 1.29. The molecular weight excluding hydrogens is 422 g/mol. The third kappa shape index (κ3) is 3.41. The Kier molecular flexibility index (Phi) is 5.02. The number of hydrogen-bond donors (Lipinski definition) is 0. The van der Waals surface area contributed by atoms with Crippen molar-refractivity contribution < 1.29 is 9.53 Å². The van der Waals surface area contributed by atoms with E-state index in [1.807, 2.05) is 47.4 Å². The number of amides is 1. The molecule has 168 valence electrons. The van der Waals surface area contributed by atoms with Gasteiger partial charge < -0.3 is 14.2 Å². The highest BCUT2D eigenvalue weighted by atomic mass is 16.5. The van der Waals surface area contributed by atoms with Crippen LogP contribution in [0.3, 0.4) is 0 Å². The van der Waals surface area contributed by atoms with Crippen LogP contribution in [0.2, 0.25) is 0 Å². The molecule has 1 atom stereocenters. The maximum atomic E-state index is 13.1. The Morgan fingerprint density at radius 3 is 2.59 bits per heavy atom. The summed E-state index contributed by atoms with van der Waals surface area (Å²) in [7, 11) is 1.64. The van der Waals surface area contributed by atoms with E-state index in [0.717, 1.165) is 22.5 Å². The highest BCUT2D eigenvalue weighted by Gasteiger charge is 2.36. The van der Waals surface area contributed by atoms with Crippen molar-refractivity contribution in [1.29, 1.82) is 0 Å². The van der Waals surface area contributed by atoms with E-state index in [-0.39, 0.29) is 11.8 Å². The Hall–Kier alpha value is -4.12. The summed E-state index contributed by atoms with van der Waals surface area (Å²) in [5.41, 5.74) is 4.11. The van der Waals surface area contributed by atoms with Crippen LogP contribution in [0.1, 0.15) is 23.7 Å². The molecule has 0 unspecified atom stereocenters. The highest BCUT2D eigenvalue weighted by molar-refractivity contribution is 5.98. The van der Waals surface area contributed by atoms with E-state index in [4.69, 9.17) is 9.72 Å². The fraction of sp³-hybridized carbons (Fsp3) is 0.172. The molecule has 0 radical (unpaired) electrons. The van der Waals surface area contributed by atoms with E-state index < -0.39 is 0 Å². The molecule has 0 aliphatic carbocycles. The van der Waals surface area contributed by atoms with Crippen molar-refractivity contribution >= 4 is 33.4 Å². The highest BCUT2D eigenvalue weighted by Crippen LogP contribution is 2.37. The lowest BCUT2D eigenvalue weighted by atomic mass is 10.0. The topological polar surface area (TPSA) is 47.4 Å². The molecule has 5 aromatic rings. The normalized spacial score (nSPS) is 16.0. The molecule has 0 bridgehead atoms. The van der Waals surface area contributed by atoms with Crippen LogP contribution in [-0.4, -0.2) is 29.1 Å². The number of aromatic nitrogens is 2. The predicted octanol–water partition coefficient (Wildman–Crippen LogP) is 5.77. The van der Waals surface area contributed by atoms with E-state index in [0.29, 0.717) is 25.3 Å². The molecule has 0 saturated carbocycles. The third-order valence-electron chi connectivity index (χ3n) is 6.76. The zero-order valence-corrected chi connectivity index (χ0v) is 19.0. The number of benzene rings is 4. The molecule has 5 heteroatoms. The number of methoxy groups -OCH3 is 1. The van der Waals surface area contributed by atoms with E-state index in [9.17, 15) is 4.79 Å². The maximum Gasteiger partial charge on any atom is 0.227 e. The Morgan fingerprint density at radius 2 is 1.68 bits per heavy atom. The summed E-state index contributed by atoms with van der Waals surface area (Å²) in [4.78, 5) is 20.0. The van der Waals surface area contributed by atoms with Crippen molar-refractivity contribution in [3.8, 4) is 5.75 Å². The summed E-state index contributed by atoms with van der Waals surface area (Å²) >= 11 is 0. The zero-order valence-electron chi connectivity index (χ0n) is 19.0. The molecule has 1 amide bonds. The SMILES string of the molecule is COc1ccccc1N1C[C@@H](c2nc3ccccc3n2Cc2cccc3ccccc23)CC1=O. The molecule has 0 spiro atoms. The minimum atomic E-state index is -0.000196. The van der Waals surface area contributed by atoms with Gasteiger partial charge in [0.25, 0.3) is 0 Å². The number of carbonyl (C=O) groups excluding carboxylic acids is 1. The standard InChI is InChI=1S/C29H25N3O2/c1-34-27-16-7-6-15-26(27)31-19-22(17-28(31)33)29-30-24-13-4-5-14-25(24)32(29)18-21-11-8-10-20-9-2-3-12-23(20)21/h2-16,22H,17-19H2,1H3/t22-/m0/s1. The monoisotopic (exact) mass is 447 g/mol. The first-order valence-electron chi connectivity index (χ1n) is 11.6. The Labute approximate surface area is 198 Å². The molecule has 34 heavy (non-hydrogen) atoms. The van der Waals surface area contributed by atoms with Gasteiger partial charge in [-0.15, -0.1) is 0 Å². The third-order valence-corrected chi connectivity index (χ3v) is 6.76. The maximum absolute atomic E-state index is 13.1. The quantitative estimate of drug-likeness (QED) is 0.344. The van der Waals surface area contributed by atoms with E-state index in [2.05, 4.69) is 53.1 Å². The van der Waals surface area contributed by atoms with E-state index in [1.165, 1.54) is 16.3 Å². The fourth-order valence-electron chi connectivity index (χ4n) is 5.14. The number of hydrogen-bond acceptors (Lipinski definition) is 3. The van der Waals surface area contributed by atoms with Crippen molar-refractivity contribution in [3.05, 3.63) is 102 Å². The number of rotatable bonds is 5. The second-order valence-corrected chi connectivity index (χ2v) is 8.76. The van der Waals surface area contributed by atoms with Crippen molar-refractivity contribution in [3.63, 3.8) is 0 Å². The van der Waals surface area contributed by atoms with Crippen LogP contribution in [0.5, 0.6) is 5.75 Å². The zero-order chi connectivity index (χ0) is 23.1. The average Bonchev–Trinajstić information content (AvgIpc) is 3.44. The molecule has 1 aromatic heterocycles. The van der Waals surface area contributed by atoms with Gasteiger partial charge in [0.1, 0.15) is 11.6 Å². The Morgan fingerprint density at radius 1 is 0.912 bits per heavy atom. The van der Waals surface area contributed by atoms with Crippen LogP contribution in [0.25, 0.3) is 21.8 Å². The number of fused-ring (bicyclic) bond motifs is 2. The number of nitrogens with zero attached hydrogens (tertiary/aromatic N) is 3. The molecule has 1 aliphatic heterocycles. The minimum absolute atomic E-state index is 0.000196. The van der Waals surface area contributed by atoms with Gasteiger partial charge in [-0.2, -0.15) is 0 Å². The minimum Gasteiger partial charge on any atom is -0.495 e. The van der Waals surface area contributed by atoms with Gasteiger partial charge in [0.15, 0.2) is 0 Å². The molecule has 2 heterocycles. The number of ether oxygens (including phenoxy) is 1. The summed E-state index contributed by atoms with van der Waals surface area (Å²) in [6.07, 6.45) is 0.427. The van der Waals surface area contributed by atoms with Gasteiger partial charge in [0.05, 0.1) is 23.8 Å². The number of para-hydroxylation sites is 4. The van der Waals surface area contributed by atoms with Gasteiger partial charge in [0, 0.05) is 25.4 Å². The summed E-state index contributed by atoms with van der Waals surface area (Å²) in [5, 5.41) is 2.47. The second-order valence-electron chi connectivity index (χ2n) is 8.76. The molecular formula is C29H25N3O2. The first kappa shape index (κ1) is 20.5. The Bertz CT molecular complexity index is 1520. The lowest BCUT2D eigenvalue weighted by Gasteiger charge is -2.20. The van der Waals surface area contributed by atoms with Crippen LogP contribution in [-0.2, 0) is 11.3 Å². The number of carbonyl (C=O) groups is 1. The molecule has 5 nitrogen and oxygen atoms in total. The lowest BCUT2D eigenvalue weighted by molar-refractivity contribution is -0.117. The largest absolute Gasteiger partial charge is 0.495 e. The first-order chi connectivity index (χ1) is 16.7. The fourth-order valence-corrected chi connectivity index (χ4v) is 5.14. The predicted molar refractivity (Wildman–Crippen MR) is 135 cm³/mol. The molecule has 6 rings (SSSR count). The number of imidazole rings is 1. The Balaban J connectivity index is 1.42. The molecule has 1 fully saturated rings. The van der Waals surface area contributed by atoms with Crippen LogP contribution >= 0.6 is 0 Å². The summed E-state index contributed by atoms with van der Waals surface area (Å²) in [6, 6.07) is 30.8. The first-order valence-corrected chi connectivity index (χ1v) is 11.6. The van der Waals surface area contributed by atoms with Crippen molar-refractivity contribution in [1.82, 2.24) is 9.55 Å². The average molecular weight is 448 g/mol. The molecule has 1 saturated heterocycles. The molecule has 1 aliphatic rings. The van der Waals surface area contributed by atoms with Gasteiger partial charge in [0.2, 0.25) is 5.91 Å². The van der Waals surface area contributed by atoms with Crippen LogP contribution in [0.15, 0.2) is 91.0 Å².